The van der Waals surface area contributed by atoms with Crippen LogP contribution < -0.4 is 0 Å². The number of aromatic nitrogens is 1. The Kier molecular flexibility index (Phi) is 4.97. The maximum Gasteiger partial charge on any atom is 0.326 e. The molecular formula is C21H24N2O4. The van der Waals surface area contributed by atoms with Gasteiger partial charge in [-0.05, 0) is 31.1 Å². The SMILES string of the molecule is O=C(O)C1C2CCCC2CN1C(=O)CCCc1ncc(-c2ccccc2)o1. The molecule has 1 aliphatic carbocycles. The molecule has 2 aliphatic rings. The molecule has 4 rings (SSSR count). The molecule has 3 atom stereocenters. The largest absolute Gasteiger partial charge is 0.480 e. The van der Waals surface area contributed by atoms with E-state index in [0.717, 1.165) is 30.6 Å². The molecule has 1 saturated heterocycles. The number of hydrogen-bond acceptors (Lipinski definition) is 4. The number of fused-ring (bicyclic) bond motifs is 1. The van der Waals surface area contributed by atoms with Crippen molar-refractivity contribution in [2.75, 3.05) is 6.54 Å². The van der Waals surface area contributed by atoms with Crippen LogP contribution in [-0.4, -0.2) is 39.5 Å². The summed E-state index contributed by atoms with van der Waals surface area (Å²) in [6.45, 7) is 0.595. The van der Waals surface area contributed by atoms with E-state index in [0.29, 0.717) is 37.6 Å². The van der Waals surface area contributed by atoms with Gasteiger partial charge in [0.05, 0.1) is 6.20 Å². The first-order valence-corrected chi connectivity index (χ1v) is 9.66. The van der Waals surface area contributed by atoms with Gasteiger partial charge in [-0.3, -0.25) is 4.79 Å². The second-order valence-corrected chi connectivity index (χ2v) is 7.52. The van der Waals surface area contributed by atoms with Gasteiger partial charge >= 0.3 is 5.97 Å². The molecule has 6 heteroatoms. The van der Waals surface area contributed by atoms with Crippen LogP contribution in [0.5, 0.6) is 0 Å². The zero-order valence-electron chi connectivity index (χ0n) is 15.2. The third kappa shape index (κ3) is 3.61. The number of oxazole rings is 1. The van der Waals surface area contributed by atoms with E-state index in [9.17, 15) is 14.7 Å². The molecule has 1 aromatic heterocycles. The van der Waals surface area contributed by atoms with Crippen LogP contribution in [0.1, 0.15) is 38.0 Å². The minimum atomic E-state index is -0.863. The highest BCUT2D eigenvalue weighted by molar-refractivity contribution is 5.84. The van der Waals surface area contributed by atoms with Gasteiger partial charge in [0.15, 0.2) is 11.7 Å². The molecule has 1 amide bonds. The summed E-state index contributed by atoms with van der Waals surface area (Å²) in [7, 11) is 0. The van der Waals surface area contributed by atoms with Crippen molar-refractivity contribution in [3.8, 4) is 11.3 Å². The Morgan fingerprint density at radius 1 is 1.22 bits per heavy atom. The molecule has 6 nitrogen and oxygen atoms in total. The average Bonchev–Trinajstić information content (AvgIpc) is 3.37. The maximum atomic E-state index is 12.6. The fourth-order valence-corrected chi connectivity index (χ4v) is 4.57. The van der Waals surface area contributed by atoms with Crippen molar-refractivity contribution in [3.63, 3.8) is 0 Å². The predicted molar refractivity (Wildman–Crippen MR) is 98.8 cm³/mol. The Morgan fingerprint density at radius 3 is 2.81 bits per heavy atom. The van der Waals surface area contributed by atoms with E-state index in [2.05, 4.69) is 4.98 Å². The predicted octanol–water partition coefficient (Wildman–Crippen LogP) is 3.38. The average molecular weight is 368 g/mol. The van der Waals surface area contributed by atoms with E-state index in [-0.39, 0.29) is 11.8 Å². The number of likely N-dealkylation sites (tertiary alicyclic amines) is 1. The van der Waals surface area contributed by atoms with Gasteiger partial charge in [-0.1, -0.05) is 36.8 Å². The first-order valence-electron chi connectivity index (χ1n) is 9.66. The van der Waals surface area contributed by atoms with E-state index < -0.39 is 12.0 Å². The first-order chi connectivity index (χ1) is 13.1. The zero-order chi connectivity index (χ0) is 18.8. The Balaban J connectivity index is 1.32. The summed E-state index contributed by atoms with van der Waals surface area (Å²) in [5.74, 6) is 0.886. The van der Waals surface area contributed by atoms with Gasteiger partial charge in [0.25, 0.3) is 0 Å². The highest BCUT2D eigenvalue weighted by Crippen LogP contribution is 2.42. The Morgan fingerprint density at radius 2 is 2.04 bits per heavy atom. The molecule has 1 aliphatic heterocycles. The van der Waals surface area contributed by atoms with Gasteiger partial charge in [0, 0.05) is 24.9 Å². The normalized spacial score (nSPS) is 24.1. The van der Waals surface area contributed by atoms with Crippen LogP contribution in [0.15, 0.2) is 40.9 Å². The lowest BCUT2D eigenvalue weighted by atomic mass is 9.94. The molecule has 0 spiro atoms. The summed E-state index contributed by atoms with van der Waals surface area (Å²) in [5, 5.41) is 9.58. The van der Waals surface area contributed by atoms with E-state index >= 15 is 0 Å². The van der Waals surface area contributed by atoms with Gasteiger partial charge < -0.3 is 14.4 Å². The number of carbonyl (C=O) groups excluding carboxylic acids is 1. The quantitative estimate of drug-likeness (QED) is 0.845. The van der Waals surface area contributed by atoms with Crippen molar-refractivity contribution in [2.24, 2.45) is 11.8 Å². The fourth-order valence-electron chi connectivity index (χ4n) is 4.57. The highest BCUT2D eigenvalue weighted by atomic mass is 16.4. The van der Waals surface area contributed by atoms with Gasteiger partial charge in [-0.2, -0.15) is 0 Å². The van der Waals surface area contributed by atoms with Crippen molar-refractivity contribution >= 4 is 11.9 Å². The lowest BCUT2D eigenvalue weighted by Crippen LogP contribution is -2.43. The number of carboxylic acids is 1. The van der Waals surface area contributed by atoms with Crippen molar-refractivity contribution in [1.82, 2.24) is 9.88 Å². The lowest BCUT2D eigenvalue weighted by molar-refractivity contribution is -0.149. The van der Waals surface area contributed by atoms with Gasteiger partial charge in [-0.25, -0.2) is 9.78 Å². The Hall–Kier alpha value is -2.63. The van der Waals surface area contributed by atoms with E-state index in [4.69, 9.17) is 4.42 Å². The molecule has 1 saturated carbocycles. The van der Waals surface area contributed by atoms with Gasteiger partial charge in [-0.15, -0.1) is 0 Å². The molecule has 0 bridgehead atoms. The monoisotopic (exact) mass is 368 g/mol. The Labute approximate surface area is 158 Å². The van der Waals surface area contributed by atoms with E-state index in [1.54, 1.807) is 11.1 Å². The minimum absolute atomic E-state index is 0.0633. The molecule has 142 valence electrons. The number of rotatable bonds is 6. The van der Waals surface area contributed by atoms with Crippen LogP contribution in [0, 0.1) is 11.8 Å². The van der Waals surface area contributed by atoms with Crippen molar-refractivity contribution in [3.05, 3.63) is 42.4 Å². The van der Waals surface area contributed by atoms with Gasteiger partial charge in [0.1, 0.15) is 6.04 Å². The molecule has 1 aromatic carbocycles. The number of aryl methyl sites for hydroxylation is 1. The number of aliphatic carboxylic acids is 1. The molecule has 0 radical (unpaired) electrons. The summed E-state index contributed by atoms with van der Waals surface area (Å²) in [6, 6.07) is 9.12. The third-order valence-electron chi connectivity index (χ3n) is 5.86. The second kappa shape index (κ2) is 7.55. The summed E-state index contributed by atoms with van der Waals surface area (Å²) in [6.07, 6.45) is 6.24. The van der Waals surface area contributed by atoms with Crippen molar-refractivity contribution in [2.45, 2.75) is 44.6 Å². The third-order valence-corrected chi connectivity index (χ3v) is 5.86. The molecular weight excluding hydrogens is 344 g/mol. The lowest BCUT2D eigenvalue weighted by Gasteiger charge is -2.24. The van der Waals surface area contributed by atoms with Crippen LogP contribution in [0.4, 0.5) is 0 Å². The van der Waals surface area contributed by atoms with Crippen LogP contribution >= 0.6 is 0 Å². The van der Waals surface area contributed by atoms with Crippen LogP contribution in [-0.2, 0) is 16.0 Å². The topological polar surface area (TPSA) is 83.6 Å². The van der Waals surface area contributed by atoms with Gasteiger partial charge in [0.2, 0.25) is 5.91 Å². The smallest absolute Gasteiger partial charge is 0.326 e. The van der Waals surface area contributed by atoms with Crippen LogP contribution in [0.25, 0.3) is 11.3 Å². The molecule has 27 heavy (non-hydrogen) atoms. The molecule has 2 fully saturated rings. The highest BCUT2D eigenvalue weighted by Gasteiger charge is 2.49. The molecule has 2 heterocycles. The summed E-state index contributed by atoms with van der Waals surface area (Å²) in [4.78, 5) is 30.2. The minimum Gasteiger partial charge on any atom is -0.480 e. The summed E-state index contributed by atoms with van der Waals surface area (Å²) in [5.41, 5.74) is 0.972. The maximum absolute atomic E-state index is 12.6. The number of nitrogens with zero attached hydrogens (tertiary/aromatic N) is 2. The number of hydrogen-bond donors (Lipinski definition) is 1. The van der Waals surface area contributed by atoms with Crippen LogP contribution in [0.2, 0.25) is 0 Å². The first kappa shape index (κ1) is 17.8. The number of amides is 1. The standard InChI is InChI=1S/C21H24N2O4/c24-19(23-13-15-8-4-9-16(15)20(23)21(25)26)11-5-10-18-22-12-17(27-18)14-6-2-1-3-7-14/h1-3,6-7,12,15-16,20H,4-5,8-11,13H2,(H,25,26). The molecule has 2 aromatic rings. The van der Waals surface area contributed by atoms with Crippen LogP contribution in [0.3, 0.4) is 0 Å². The summed E-state index contributed by atoms with van der Waals surface area (Å²) >= 11 is 0. The second-order valence-electron chi connectivity index (χ2n) is 7.52. The molecule has 3 unspecified atom stereocenters. The van der Waals surface area contributed by atoms with E-state index in [1.165, 1.54) is 0 Å². The van der Waals surface area contributed by atoms with E-state index in [1.807, 2.05) is 30.3 Å². The van der Waals surface area contributed by atoms with Crippen molar-refractivity contribution < 1.29 is 19.1 Å². The fraction of sp³-hybridized carbons (Fsp3) is 0.476. The number of carbonyl (C=O) groups is 2. The molecule has 1 N–H and O–H groups in total. The number of benzene rings is 1. The summed E-state index contributed by atoms with van der Waals surface area (Å²) < 4.78 is 5.77. The zero-order valence-corrected chi connectivity index (χ0v) is 15.2. The number of carboxylic acid groups (broad SMARTS) is 1. The Bertz CT molecular complexity index is 817. The van der Waals surface area contributed by atoms with Crippen molar-refractivity contribution in [1.29, 1.82) is 0 Å².